The van der Waals surface area contributed by atoms with Gasteiger partial charge in [-0.25, -0.2) is 9.37 Å². The Kier molecular flexibility index (Phi) is 4.38. The lowest BCUT2D eigenvalue weighted by molar-refractivity contribution is 0.115. The average Bonchev–Trinajstić information content (AvgIpc) is 3.28. The minimum Gasteiger partial charge on any atom is -0.376 e. The normalized spacial score (nSPS) is 20.3. The van der Waals surface area contributed by atoms with Gasteiger partial charge in [0.05, 0.1) is 18.0 Å². The monoisotopic (exact) mass is 328 g/mol. The predicted octanol–water partition coefficient (Wildman–Crippen LogP) is 3.07. The topological polar surface area (TPSA) is 51.1 Å². The molecule has 1 atom stereocenters. The fourth-order valence-electron chi connectivity index (χ4n) is 3.07. The van der Waals surface area contributed by atoms with Gasteiger partial charge in [0.1, 0.15) is 5.82 Å². The fraction of sp³-hybridized carbons (Fsp3) is 0.500. The van der Waals surface area contributed by atoms with Crippen molar-refractivity contribution >= 4 is 5.95 Å². The molecule has 2 fully saturated rings. The molecule has 1 saturated carbocycles. The van der Waals surface area contributed by atoms with Crippen LogP contribution in [0.15, 0.2) is 30.5 Å². The van der Waals surface area contributed by atoms with Crippen molar-refractivity contribution in [1.29, 1.82) is 0 Å². The van der Waals surface area contributed by atoms with Crippen molar-refractivity contribution < 1.29 is 9.13 Å². The zero-order valence-electron chi connectivity index (χ0n) is 13.6. The molecule has 0 bridgehead atoms. The zero-order valence-corrected chi connectivity index (χ0v) is 13.6. The summed E-state index contributed by atoms with van der Waals surface area (Å²) in [6, 6.07) is 6.31. The van der Waals surface area contributed by atoms with E-state index >= 15 is 0 Å². The summed E-state index contributed by atoms with van der Waals surface area (Å²) < 4.78 is 18.9. The maximum atomic E-state index is 13.1. The number of hydrogen-bond acceptors (Lipinski definition) is 5. The highest BCUT2D eigenvalue weighted by molar-refractivity contribution is 5.59. The van der Waals surface area contributed by atoms with Crippen LogP contribution in [0.3, 0.4) is 0 Å². The number of nitrogens with zero attached hydrogens (tertiary/aromatic N) is 4. The van der Waals surface area contributed by atoms with Gasteiger partial charge in [-0.3, -0.25) is 0 Å². The summed E-state index contributed by atoms with van der Waals surface area (Å²) in [5, 5.41) is 8.36. The molecular weight excluding hydrogens is 307 g/mol. The highest BCUT2D eigenvalue weighted by Gasteiger charge is 2.28. The molecule has 4 rings (SSSR count). The van der Waals surface area contributed by atoms with Gasteiger partial charge in [0.25, 0.3) is 0 Å². The molecule has 6 heteroatoms. The predicted molar refractivity (Wildman–Crippen MR) is 89.1 cm³/mol. The highest BCUT2D eigenvalue weighted by Crippen LogP contribution is 2.31. The summed E-state index contributed by atoms with van der Waals surface area (Å²) in [6.45, 7) is 2.61. The molecule has 2 heterocycles. The smallest absolute Gasteiger partial charge is 0.246 e. The Morgan fingerprint density at radius 1 is 1.12 bits per heavy atom. The van der Waals surface area contributed by atoms with Crippen LogP contribution >= 0.6 is 0 Å². The Morgan fingerprint density at radius 3 is 2.67 bits per heavy atom. The number of halogens is 1. The Balaban J connectivity index is 1.57. The van der Waals surface area contributed by atoms with Crippen molar-refractivity contribution in [3.8, 4) is 11.3 Å². The molecule has 1 aromatic carbocycles. The number of hydrogen-bond donors (Lipinski definition) is 0. The molecule has 126 valence electrons. The Labute approximate surface area is 140 Å². The van der Waals surface area contributed by atoms with E-state index in [2.05, 4.69) is 20.1 Å². The third kappa shape index (κ3) is 3.70. The van der Waals surface area contributed by atoms with E-state index in [-0.39, 0.29) is 11.9 Å². The molecule has 0 N–H and O–H groups in total. The average molecular weight is 328 g/mol. The summed E-state index contributed by atoms with van der Waals surface area (Å²) in [7, 11) is 0. The van der Waals surface area contributed by atoms with Gasteiger partial charge in [0.15, 0.2) is 0 Å². The largest absolute Gasteiger partial charge is 0.376 e. The molecule has 1 saturated heterocycles. The van der Waals surface area contributed by atoms with Crippen LogP contribution in [0, 0.1) is 11.7 Å². The van der Waals surface area contributed by atoms with E-state index in [1.54, 1.807) is 18.3 Å². The molecular formula is C18H21FN4O. The lowest BCUT2D eigenvalue weighted by Gasteiger charge is -2.25. The van der Waals surface area contributed by atoms with Gasteiger partial charge in [0.2, 0.25) is 5.95 Å². The summed E-state index contributed by atoms with van der Waals surface area (Å²) in [4.78, 5) is 6.87. The minimum absolute atomic E-state index is 0.252. The van der Waals surface area contributed by atoms with Crippen LogP contribution < -0.4 is 4.90 Å². The first-order valence-electron chi connectivity index (χ1n) is 8.60. The van der Waals surface area contributed by atoms with Crippen molar-refractivity contribution in [2.45, 2.75) is 31.8 Å². The van der Waals surface area contributed by atoms with Crippen LogP contribution in [0.4, 0.5) is 10.3 Å². The first-order valence-corrected chi connectivity index (χ1v) is 8.60. The number of aromatic nitrogens is 3. The fourth-order valence-corrected chi connectivity index (χ4v) is 3.07. The van der Waals surface area contributed by atoms with E-state index in [0.717, 1.165) is 44.0 Å². The van der Waals surface area contributed by atoms with Gasteiger partial charge >= 0.3 is 0 Å². The maximum Gasteiger partial charge on any atom is 0.246 e. The first kappa shape index (κ1) is 15.4. The lowest BCUT2D eigenvalue weighted by Crippen LogP contribution is -2.35. The van der Waals surface area contributed by atoms with Crippen LogP contribution in [0.25, 0.3) is 11.3 Å². The third-order valence-electron chi connectivity index (χ3n) is 4.59. The maximum absolute atomic E-state index is 13.1. The van der Waals surface area contributed by atoms with Crippen molar-refractivity contribution in [3.63, 3.8) is 0 Å². The van der Waals surface area contributed by atoms with E-state index in [4.69, 9.17) is 4.74 Å². The number of ether oxygens (including phenoxy) is 1. The van der Waals surface area contributed by atoms with E-state index in [1.807, 2.05) is 0 Å². The summed E-state index contributed by atoms with van der Waals surface area (Å²) in [5.41, 5.74) is 1.56. The van der Waals surface area contributed by atoms with Gasteiger partial charge in [0, 0.05) is 25.3 Å². The Bertz CT molecular complexity index is 684. The van der Waals surface area contributed by atoms with E-state index in [0.29, 0.717) is 11.6 Å². The lowest BCUT2D eigenvalue weighted by atomic mass is 10.2. The van der Waals surface area contributed by atoms with E-state index in [9.17, 15) is 4.39 Å². The first-order chi connectivity index (χ1) is 11.8. The highest BCUT2D eigenvalue weighted by atomic mass is 19.1. The molecule has 1 aliphatic carbocycles. The Morgan fingerprint density at radius 2 is 1.96 bits per heavy atom. The van der Waals surface area contributed by atoms with Gasteiger partial charge in [-0.2, -0.15) is 5.10 Å². The van der Waals surface area contributed by atoms with Gasteiger partial charge in [-0.05, 0) is 55.9 Å². The molecule has 2 aromatic rings. The second kappa shape index (κ2) is 6.81. The van der Waals surface area contributed by atoms with E-state index < -0.39 is 0 Å². The van der Waals surface area contributed by atoms with Gasteiger partial charge in [-0.15, -0.1) is 5.10 Å². The second-order valence-electron chi connectivity index (χ2n) is 6.63. The summed E-state index contributed by atoms with van der Waals surface area (Å²) in [5.74, 6) is 1.11. The molecule has 0 amide bonds. The molecule has 1 aromatic heterocycles. The Hall–Kier alpha value is -2.08. The van der Waals surface area contributed by atoms with Crippen LogP contribution in [-0.2, 0) is 4.74 Å². The SMILES string of the molecule is Fc1ccc(-c2cnnc(N(CC3CC3)CC3CCCO3)n2)cc1. The molecule has 0 radical (unpaired) electrons. The molecule has 2 aliphatic rings. The number of rotatable bonds is 6. The molecule has 0 spiro atoms. The molecule has 5 nitrogen and oxygen atoms in total. The number of benzene rings is 1. The van der Waals surface area contributed by atoms with Crippen LogP contribution in [-0.4, -0.2) is 41.0 Å². The third-order valence-corrected chi connectivity index (χ3v) is 4.59. The van der Waals surface area contributed by atoms with Crippen molar-refractivity contribution in [2.24, 2.45) is 5.92 Å². The van der Waals surface area contributed by atoms with Gasteiger partial charge in [-0.1, -0.05) is 0 Å². The van der Waals surface area contributed by atoms with Crippen molar-refractivity contribution in [3.05, 3.63) is 36.3 Å². The quantitative estimate of drug-likeness (QED) is 0.816. The molecule has 24 heavy (non-hydrogen) atoms. The summed E-state index contributed by atoms with van der Waals surface area (Å²) >= 11 is 0. The standard InChI is InChI=1S/C18H21FN4O/c19-15-7-5-14(6-8-15)17-10-20-22-18(21-17)23(11-13-3-4-13)12-16-2-1-9-24-16/h5-8,10,13,16H,1-4,9,11-12H2. The zero-order chi connectivity index (χ0) is 16.4. The minimum atomic E-state index is -0.255. The van der Waals surface area contributed by atoms with Crippen molar-refractivity contribution in [2.75, 3.05) is 24.6 Å². The molecule has 1 unspecified atom stereocenters. The van der Waals surface area contributed by atoms with Crippen LogP contribution in [0.2, 0.25) is 0 Å². The van der Waals surface area contributed by atoms with Crippen LogP contribution in [0.1, 0.15) is 25.7 Å². The summed E-state index contributed by atoms with van der Waals surface area (Å²) in [6.07, 6.45) is 6.63. The molecule has 1 aliphatic heterocycles. The van der Waals surface area contributed by atoms with Crippen molar-refractivity contribution in [1.82, 2.24) is 15.2 Å². The van der Waals surface area contributed by atoms with Crippen LogP contribution in [0.5, 0.6) is 0 Å². The van der Waals surface area contributed by atoms with Gasteiger partial charge < -0.3 is 9.64 Å². The second-order valence-corrected chi connectivity index (χ2v) is 6.63. The number of anilines is 1. The van der Waals surface area contributed by atoms with E-state index in [1.165, 1.54) is 25.0 Å².